The van der Waals surface area contributed by atoms with Gasteiger partial charge in [-0.2, -0.15) is 0 Å². The summed E-state index contributed by atoms with van der Waals surface area (Å²) >= 11 is 0. The fraction of sp³-hybridized carbons (Fsp3) is 0.148. The number of carbonyl (C=O) groups is 2. The first-order valence-electron chi connectivity index (χ1n) is 10.9. The van der Waals surface area contributed by atoms with Crippen molar-refractivity contribution in [1.29, 1.82) is 0 Å². The van der Waals surface area contributed by atoms with Crippen LogP contribution in [0.5, 0.6) is 17.2 Å². The van der Waals surface area contributed by atoms with E-state index in [9.17, 15) is 9.59 Å². The van der Waals surface area contributed by atoms with Crippen LogP contribution in [0.4, 0.5) is 5.69 Å². The largest absolute Gasteiger partial charge is 0.493 e. The Morgan fingerprint density at radius 2 is 1.57 bits per heavy atom. The van der Waals surface area contributed by atoms with Crippen molar-refractivity contribution in [3.8, 4) is 17.2 Å². The van der Waals surface area contributed by atoms with E-state index in [1.165, 1.54) is 14.2 Å². The molecule has 0 fully saturated rings. The second kappa shape index (κ2) is 10.6. The Morgan fingerprint density at radius 1 is 0.914 bits per heavy atom. The summed E-state index contributed by atoms with van der Waals surface area (Å²) in [6.07, 6.45) is 3.28. The molecule has 0 aliphatic carbocycles. The number of amides is 1. The van der Waals surface area contributed by atoms with Crippen molar-refractivity contribution < 1.29 is 23.8 Å². The highest BCUT2D eigenvalue weighted by molar-refractivity contribution is 6.08. The zero-order valence-electron chi connectivity index (χ0n) is 19.6. The van der Waals surface area contributed by atoms with Crippen molar-refractivity contribution in [1.82, 2.24) is 9.55 Å². The molecular formula is C27H25N3O5. The van der Waals surface area contributed by atoms with Gasteiger partial charge in [-0.15, -0.1) is 0 Å². The van der Waals surface area contributed by atoms with Crippen LogP contribution in [0.3, 0.4) is 0 Å². The van der Waals surface area contributed by atoms with Crippen LogP contribution >= 0.6 is 0 Å². The number of hydrogen-bond donors (Lipinski definition) is 1. The predicted molar refractivity (Wildman–Crippen MR) is 131 cm³/mol. The standard InChI is InChI=1S/C27H25N3O5/c1-30-14-13-28-26(30)24(31)19-9-11-21(12-10-19)29-27(32)20-15-22(33-2)25(23(16-20)34-3)35-17-18-7-5-4-6-8-18/h4-16H,17H2,1-3H3,(H,29,32). The van der Waals surface area contributed by atoms with E-state index in [2.05, 4.69) is 10.3 Å². The molecule has 0 spiro atoms. The fourth-order valence-electron chi connectivity index (χ4n) is 3.50. The summed E-state index contributed by atoms with van der Waals surface area (Å²) in [5.41, 5.74) is 2.33. The minimum Gasteiger partial charge on any atom is -0.493 e. The second-order valence-electron chi connectivity index (χ2n) is 7.71. The number of ether oxygens (including phenoxy) is 3. The molecule has 0 radical (unpaired) electrons. The van der Waals surface area contributed by atoms with Gasteiger partial charge in [-0.25, -0.2) is 4.98 Å². The number of carbonyl (C=O) groups excluding carboxylic acids is 2. The Hall–Kier alpha value is -4.59. The fourth-order valence-corrected chi connectivity index (χ4v) is 3.50. The SMILES string of the molecule is COc1cc(C(=O)Nc2ccc(C(=O)c3nccn3C)cc2)cc(OC)c1OCc1ccccc1. The average molecular weight is 472 g/mol. The number of benzene rings is 3. The Morgan fingerprint density at radius 3 is 2.14 bits per heavy atom. The van der Waals surface area contributed by atoms with Gasteiger partial charge in [-0.3, -0.25) is 9.59 Å². The zero-order valence-corrected chi connectivity index (χ0v) is 19.6. The summed E-state index contributed by atoms with van der Waals surface area (Å²) in [5.74, 6) is 0.946. The third-order valence-electron chi connectivity index (χ3n) is 5.38. The Balaban J connectivity index is 1.50. The second-order valence-corrected chi connectivity index (χ2v) is 7.71. The number of ketones is 1. The summed E-state index contributed by atoms with van der Waals surface area (Å²) < 4.78 is 18.6. The lowest BCUT2D eigenvalue weighted by Gasteiger charge is -2.16. The first kappa shape index (κ1) is 23.6. The number of methoxy groups -OCH3 is 2. The van der Waals surface area contributed by atoms with Crippen LogP contribution in [-0.2, 0) is 13.7 Å². The molecule has 4 aromatic rings. The van der Waals surface area contributed by atoms with Crippen molar-refractivity contribution in [3.05, 3.63) is 102 Å². The van der Waals surface area contributed by atoms with Gasteiger partial charge in [0.15, 0.2) is 17.3 Å². The molecule has 35 heavy (non-hydrogen) atoms. The van der Waals surface area contributed by atoms with Crippen molar-refractivity contribution in [2.75, 3.05) is 19.5 Å². The number of imidazole rings is 1. The highest BCUT2D eigenvalue weighted by Crippen LogP contribution is 2.39. The van der Waals surface area contributed by atoms with Gasteiger partial charge in [-0.05, 0) is 42.0 Å². The van der Waals surface area contributed by atoms with Crippen LogP contribution < -0.4 is 19.5 Å². The summed E-state index contributed by atoms with van der Waals surface area (Å²) in [6.45, 7) is 0.322. The van der Waals surface area contributed by atoms with E-state index in [0.717, 1.165) is 5.56 Å². The molecule has 1 aromatic heterocycles. The Kier molecular flexibility index (Phi) is 7.11. The number of nitrogens with one attached hydrogen (secondary N) is 1. The van der Waals surface area contributed by atoms with Gasteiger partial charge < -0.3 is 24.1 Å². The summed E-state index contributed by atoms with van der Waals surface area (Å²) in [5, 5.41) is 2.83. The zero-order chi connectivity index (χ0) is 24.8. The highest BCUT2D eigenvalue weighted by Gasteiger charge is 2.19. The molecular weight excluding hydrogens is 446 g/mol. The lowest BCUT2D eigenvalue weighted by atomic mass is 10.1. The van der Waals surface area contributed by atoms with Gasteiger partial charge >= 0.3 is 0 Å². The molecule has 1 N–H and O–H groups in total. The molecule has 178 valence electrons. The van der Waals surface area contributed by atoms with Gasteiger partial charge in [0.25, 0.3) is 5.91 Å². The molecule has 0 aliphatic heterocycles. The number of aromatic nitrogens is 2. The molecule has 3 aromatic carbocycles. The maximum Gasteiger partial charge on any atom is 0.255 e. The van der Waals surface area contributed by atoms with E-state index in [0.29, 0.717) is 46.5 Å². The van der Waals surface area contributed by atoms with Gasteiger partial charge in [0.2, 0.25) is 11.5 Å². The van der Waals surface area contributed by atoms with Crippen LogP contribution in [0.2, 0.25) is 0 Å². The lowest BCUT2D eigenvalue weighted by Crippen LogP contribution is -2.13. The van der Waals surface area contributed by atoms with Crippen molar-refractivity contribution in [2.45, 2.75) is 6.61 Å². The molecule has 0 aliphatic rings. The topological polar surface area (TPSA) is 91.7 Å². The molecule has 1 amide bonds. The Bertz CT molecular complexity index is 1310. The molecule has 0 bridgehead atoms. The maximum atomic E-state index is 12.9. The van der Waals surface area contributed by atoms with Crippen LogP contribution in [0, 0.1) is 0 Å². The van der Waals surface area contributed by atoms with Crippen LogP contribution in [0.1, 0.15) is 32.1 Å². The predicted octanol–water partition coefficient (Wildman–Crippen LogP) is 4.50. The smallest absolute Gasteiger partial charge is 0.255 e. The molecule has 8 heteroatoms. The minimum absolute atomic E-state index is 0.198. The quantitative estimate of drug-likeness (QED) is 0.362. The monoisotopic (exact) mass is 471 g/mol. The van der Waals surface area contributed by atoms with E-state index in [1.54, 1.807) is 60.4 Å². The molecule has 0 saturated carbocycles. The highest BCUT2D eigenvalue weighted by atomic mass is 16.5. The van der Waals surface area contributed by atoms with Crippen LogP contribution in [0.25, 0.3) is 0 Å². The summed E-state index contributed by atoms with van der Waals surface area (Å²) in [7, 11) is 4.77. The van der Waals surface area contributed by atoms with Crippen LogP contribution in [-0.4, -0.2) is 35.5 Å². The first-order chi connectivity index (χ1) is 17.0. The van der Waals surface area contributed by atoms with Gasteiger partial charge in [0, 0.05) is 36.3 Å². The molecule has 0 unspecified atom stereocenters. The van der Waals surface area contributed by atoms with Crippen molar-refractivity contribution >= 4 is 17.4 Å². The first-order valence-corrected chi connectivity index (χ1v) is 10.9. The normalized spacial score (nSPS) is 10.5. The number of anilines is 1. The number of hydrogen-bond acceptors (Lipinski definition) is 6. The Labute approximate surface area is 203 Å². The van der Waals surface area contributed by atoms with E-state index in [-0.39, 0.29) is 11.7 Å². The third kappa shape index (κ3) is 5.33. The lowest BCUT2D eigenvalue weighted by molar-refractivity contribution is 0.101. The molecule has 0 saturated heterocycles. The summed E-state index contributed by atoms with van der Waals surface area (Å²) in [6, 6.07) is 19.5. The van der Waals surface area contributed by atoms with E-state index in [1.807, 2.05) is 30.3 Å². The maximum absolute atomic E-state index is 12.9. The number of aryl methyl sites for hydroxylation is 1. The molecule has 0 atom stereocenters. The van der Waals surface area contributed by atoms with E-state index >= 15 is 0 Å². The van der Waals surface area contributed by atoms with Gasteiger partial charge in [-0.1, -0.05) is 30.3 Å². The minimum atomic E-state index is -0.362. The van der Waals surface area contributed by atoms with Gasteiger partial charge in [0.1, 0.15) is 6.61 Å². The van der Waals surface area contributed by atoms with Crippen LogP contribution in [0.15, 0.2) is 79.1 Å². The average Bonchev–Trinajstić information content (AvgIpc) is 3.33. The molecule has 8 nitrogen and oxygen atoms in total. The molecule has 4 rings (SSSR count). The van der Waals surface area contributed by atoms with E-state index in [4.69, 9.17) is 14.2 Å². The van der Waals surface area contributed by atoms with Gasteiger partial charge in [0.05, 0.1) is 14.2 Å². The van der Waals surface area contributed by atoms with E-state index < -0.39 is 0 Å². The van der Waals surface area contributed by atoms with Crippen molar-refractivity contribution in [2.24, 2.45) is 7.05 Å². The number of rotatable bonds is 9. The van der Waals surface area contributed by atoms with Crippen molar-refractivity contribution in [3.63, 3.8) is 0 Å². The molecule has 1 heterocycles. The number of nitrogens with zero attached hydrogens (tertiary/aromatic N) is 2. The third-order valence-corrected chi connectivity index (χ3v) is 5.38. The summed E-state index contributed by atoms with van der Waals surface area (Å²) in [4.78, 5) is 29.6.